The van der Waals surface area contributed by atoms with Crippen LogP contribution in [0.15, 0.2) is 30.3 Å². The van der Waals surface area contributed by atoms with Crippen LogP contribution in [0.1, 0.15) is 18.4 Å². The predicted molar refractivity (Wildman–Crippen MR) is 106 cm³/mol. The fourth-order valence-electron chi connectivity index (χ4n) is 2.42. The van der Waals surface area contributed by atoms with Crippen LogP contribution in [0.3, 0.4) is 0 Å². The summed E-state index contributed by atoms with van der Waals surface area (Å²) < 4.78 is 0. The molecule has 0 fully saturated rings. The minimum Gasteiger partial charge on any atom is -0.480 e. The standard InChI is InChI=1S/C18H26N4O5S/c1-28-8-7-13(17(25)22-14(18(26)27)10-15(20)23)21-16(24)12(19)9-11-5-3-2-4-6-11/h2-6,12-14H,7-10,19H2,1H3,(H2,20,23)(H,21,24)(H,22,25)(H,26,27)/t12-,13-,14-/m0/s1. The molecule has 0 aromatic heterocycles. The number of rotatable bonds is 12. The number of nitrogens with two attached hydrogens (primary N) is 2. The van der Waals surface area contributed by atoms with Crippen molar-refractivity contribution in [3.8, 4) is 0 Å². The van der Waals surface area contributed by atoms with Gasteiger partial charge in [0.1, 0.15) is 12.1 Å². The molecule has 28 heavy (non-hydrogen) atoms. The maximum absolute atomic E-state index is 12.5. The van der Waals surface area contributed by atoms with E-state index in [1.807, 2.05) is 36.6 Å². The second-order valence-electron chi connectivity index (χ2n) is 6.21. The molecular formula is C18H26N4O5S. The van der Waals surface area contributed by atoms with E-state index in [9.17, 15) is 19.2 Å². The van der Waals surface area contributed by atoms with E-state index in [4.69, 9.17) is 16.6 Å². The van der Waals surface area contributed by atoms with Gasteiger partial charge >= 0.3 is 5.97 Å². The molecule has 10 heteroatoms. The van der Waals surface area contributed by atoms with Crippen molar-refractivity contribution in [2.45, 2.75) is 37.4 Å². The lowest BCUT2D eigenvalue weighted by Crippen LogP contribution is -2.55. The molecule has 0 aliphatic carbocycles. The van der Waals surface area contributed by atoms with Crippen molar-refractivity contribution in [1.29, 1.82) is 0 Å². The molecular weight excluding hydrogens is 384 g/mol. The van der Waals surface area contributed by atoms with E-state index >= 15 is 0 Å². The summed E-state index contributed by atoms with van der Waals surface area (Å²) in [5.74, 6) is -2.92. The number of primary amides is 1. The molecule has 3 amide bonds. The summed E-state index contributed by atoms with van der Waals surface area (Å²) in [6.45, 7) is 0. The first-order chi connectivity index (χ1) is 13.2. The van der Waals surface area contributed by atoms with E-state index in [1.165, 1.54) is 11.8 Å². The normalized spacial score (nSPS) is 13.8. The third-order valence-electron chi connectivity index (χ3n) is 3.90. The number of hydrogen-bond acceptors (Lipinski definition) is 6. The molecule has 1 rings (SSSR count). The molecule has 0 bridgehead atoms. The molecule has 9 nitrogen and oxygen atoms in total. The van der Waals surface area contributed by atoms with E-state index in [2.05, 4.69) is 10.6 Å². The molecule has 1 aromatic carbocycles. The van der Waals surface area contributed by atoms with Gasteiger partial charge in [-0.15, -0.1) is 0 Å². The van der Waals surface area contributed by atoms with E-state index in [-0.39, 0.29) is 6.42 Å². The monoisotopic (exact) mass is 410 g/mol. The highest BCUT2D eigenvalue weighted by atomic mass is 32.2. The number of carboxylic acid groups (broad SMARTS) is 1. The Labute approximate surface area is 167 Å². The molecule has 0 unspecified atom stereocenters. The van der Waals surface area contributed by atoms with Gasteiger partial charge < -0.3 is 27.2 Å². The van der Waals surface area contributed by atoms with Crippen LogP contribution >= 0.6 is 11.8 Å². The van der Waals surface area contributed by atoms with Gasteiger partial charge in [-0.3, -0.25) is 14.4 Å². The number of nitrogens with one attached hydrogen (secondary N) is 2. The maximum Gasteiger partial charge on any atom is 0.326 e. The summed E-state index contributed by atoms with van der Waals surface area (Å²) in [4.78, 5) is 47.1. The van der Waals surface area contributed by atoms with Crippen molar-refractivity contribution in [3.05, 3.63) is 35.9 Å². The predicted octanol–water partition coefficient (Wildman–Crippen LogP) is -0.761. The van der Waals surface area contributed by atoms with Gasteiger partial charge in [0, 0.05) is 0 Å². The highest BCUT2D eigenvalue weighted by Gasteiger charge is 2.28. The first-order valence-electron chi connectivity index (χ1n) is 8.64. The minimum absolute atomic E-state index is 0.277. The number of carboxylic acids is 1. The van der Waals surface area contributed by atoms with Crippen LogP contribution in [0.4, 0.5) is 0 Å². The Morgan fingerprint density at radius 2 is 1.68 bits per heavy atom. The Morgan fingerprint density at radius 1 is 1.07 bits per heavy atom. The number of thioether (sulfide) groups is 1. The first kappa shape index (κ1) is 23.4. The third kappa shape index (κ3) is 8.40. The Bertz CT molecular complexity index is 686. The SMILES string of the molecule is CSCC[C@H](NC(=O)[C@@H](N)Cc1ccccc1)C(=O)N[C@@H](CC(N)=O)C(=O)O. The fraction of sp³-hybridized carbons (Fsp3) is 0.444. The van der Waals surface area contributed by atoms with E-state index in [1.54, 1.807) is 0 Å². The van der Waals surface area contributed by atoms with Gasteiger partial charge in [0.05, 0.1) is 12.5 Å². The molecule has 154 valence electrons. The average molecular weight is 410 g/mol. The van der Waals surface area contributed by atoms with Crippen LogP contribution in [-0.2, 0) is 25.6 Å². The molecule has 0 heterocycles. The zero-order chi connectivity index (χ0) is 21.1. The minimum atomic E-state index is -1.46. The highest BCUT2D eigenvalue weighted by molar-refractivity contribution is 7.98. The number of carbonyl (C=O) groups excluding carboxylic acids is 3. The molecule has 0 aliphatic rings. The molecule has 0 aliphatic heterocycles. The Balaban J connectivity index is 2.76. The lowest BCUT2D eigenvalue weighted by Gasteiger charge is -2.22. The van der Waals surface area contributed by atoms with Gasteiger partial charge in [0.15, 0.2) is 0 Å². The topological polar surface area (TPSA) is 165 Å². The second-order valence-corrected chi connectivity index (χ2v) is 7.19. The molecule has 7 N–H and O–H groups in total. The first-order valence-corrected chi connectivity index (χ1v) is 10.0. The molecule has 3 atom stereocenters. The Morgan fingerprint density at radius 3 is 2.21 bits per heavy atom. The van der Waals surface area contributed by atoms with Gasteiger partial charge in [0.2, 0.25) is 17.7 Å². The largest absolute Gasteiger partial charge is 0.480 e. The van der Waals surface area contributed by atoms with Crippen LogP contribution in [0.2, 0.25) is 0 Å². The van der Waals surface area contributed by atoms with E-state index in [0.717, 1.165) is 5.56 Å². The van der Waals surface area contributed by atoms with Crippen LogP contribution < -0.4 is 22.1 Å². The second kappa shape index (κ2) is 12.0. The number of carbonyl (C=O) groups is 4. The molecule has 0 spiro atoms. The van der Waals surface area contributed by atoms with Crippen molar-refractivity contribution in [2.24, 2.45) is 11.5 Å². The van der Waals surface area contributed by atoms with Crippen molar-refractivity contribution < 1.29 is 24.3 Å². The van der Waals surface area contributed by atoms with Gasteiger partial charge in [-0.05, 0) is 30.4 Å². The summed E-state index contributed by atoms with van der Waals surface area (Å²) in [6, 6.07) is 5.89. The highest BCUT2D eigenvalue weighted by Crippen LogP contribution is 2.05. The van der Waals surface area contributed by atoms with Crippen molar-refractivity contribution in [3.63, 3.8) is 0 Å². The van der Waals surface area contributed by atoms with Gasteiger partial charge in [0.25, 0.3) is 0 Å². The van der Waals surface area contributed by atoms with Crippen LogP contribution in [0, 0.1) is 0 Å². The van der Waals surface area contributed by atoms with Gasteiger partial charge in [-0.2, -0.15) is 11.8 Å². The number of benzene rings is 1. The zero-order valence-electron chi connectivity index (χ0n) is 15.6. The number of hydrogen-bond donors (Lipinski definition) is 5. The molecule has 0 radical (unpaired) electrons. The summed E-state index contributed by atoms with van der Waals surface area (Å²) in [5, 5.41) is 13.9. The Kier molecular flexibility index (Phi) is 10.0. The number of amides is 3. The molecule has 0 saturated carbocycles. The van der Waals surface area contributed by atoms with Crippen LogP contribution in [0.5, 0.6) is 0 Å². The van der Waals surface area contributed by atoms with Gasteiger partial charge in [-0.25, -0.2) is 4.79 Å². The van der Waals surface area contributed by atoms with Crippen molar-refractivity contribution in [1.82, 2.24) is 10.6 Å². The average Bonchev–Trinajstić information content (AvgIpc) is 2.64. The van der Waals surface area contributed by atoms with Crippen LogP contribution in [0.25, 0.3) is 0 Å². The third-order valence-corrected chi connectivity index (χ3v) is 4.54. The summed E-state index contributed by atoms with van der Waals surface area (Å²) in [5.41, 5.74) is 11.8. The van der Waals surface area contributed by atoms with Crippen molar-refractivity contribution >= 4 is 35.5 Å². The maximum atomic E-state index is 12.5. The molecule has 0 saturated heterocycles. The summed E-state index contributed by atoms with van der Waals surface area (Å²) >= 11 is 1.47. The van der Waals surface area contributed by atoms with Crippen LogP contribution in [-0.4, -0.2) is 58.9 Å². The Hall–Kier alpha value is -2.59. The molecule has 1 aromatic rings. The van der Waals surface area contributed by atoms with E-state index in [0.29, 0.717) is 12.2 Å². The quantitative estimate of drug-likeness (QED) is 0.302. The summed E-state index contributed by atoms with van der Waals surface area (Å²) in [7, 11) is 0. The summed E-state index contributed by atoms with van der Waals surface area (Å²) in [6.07, 6.45) is 1.87. The van der Waals surface area contributed by atoms with E-state index < -0.39 is 48.2 Å². The lowest BCUT2D eigenvalue weighted by molar-refractivity contribution is -0.143. The number of aliphatic carboxylic acids is 1. The lowest BCUT2D eigenvalue weighted by atomic mass is 10.1. The van der Waals surface area contributed by atoms with Gasteiger partial charge in [-0.1, -0.05) is 30.3 Å². The fourth-order valence-corrected chi connectivity index (χ4v) is 2.89. The smallest absolute Gasteiger partial charge is 0.326 e. The van der Waals surface area contributed by atoms with Crippen molar-refractivity contribution in [2.75, 3.05) is 12.0 Å². The zero-order valence-corrected chi connectivity index (χ0v) is 16.4.